The highest BCUT2D eigenvalue weighted by Gasteiger charge is 2.01. The first kappa shape index (κ1) is 9.58. The third-order valence-corrected chi connectivity index (χ3v) is 1.76. The van der Waals surface area contributed by atoms with Crippen molar-refractivity contribution in [1.82, 2.24) is 0 Å². The predicted molar refractivity (Wildman–Crippen MR) is 48.3 cm³/mol. The number of hydrogen-bond acceptors (Lipinski definition) is 3. The van der Waals surface area contributed by atoms with Crippen LogP contribution in [0.2, 0.25) is 0 Å². The molecule has 1 aromatic rings. The molecule has 0 amide bonds. The number of phenols is 1. The second-order valence-corrected chi connectivity index (χ2v) is 2.89. The second kappa shape index (κ2) is 3.94. The molecule has 0 aliphatic carbocycles. The third-order valence-electron chi connectivity index (χ3n) is 1.76. The lowest BCUT2D eigenvalue weighted by molar-refractivity contribution is -0.142. The van der Waals surface area contributed by atoms with Gasteiger partial charge in [-0.3, -0.25) is 4.79 Å². The number of aryl methyl sites for hydroxylation is 1. The number of ether oxygens (including phenoxy) is 1. The third kappa shape index (κ3) is 2.78. The van der Waals surface area contributed by atoms with Crippen molar-refractivity contribution in [1.29, 1.82) is 0 Å². The molecule has 1 aromatic carbocycles. The van der Waals surface area contributed by atoms with Gasteiger partial charge in [-0.15, -0.1) is 0 Å². The topological polar surface area (TPSA) is 46.5 Å². The number of benzene rings is 1. The van der Waals surface area contributed by atoms with Gasteiger partial charge in [0.1, 0.15) is 12.4 Å². The van der Waals surface area contributed by atoms with Crippen LogP contribution >= 0.6 is 0 Å². The van der Waals surface area contributed by atoms with E-state index in [1.165, 1.54) is 6.92 Å². The summed E-state index contributed by atoms with van der Waals surface area (Å²) < 4.78 is 4.81. The Morgan fingerprint density at radius 1 is 1.54 bits per heavy atom. The van der Waals surface area contributed by atoms with Gasteiger partial charge in [0, 0.05) is 6.92 Å². The Hall–Kier alpha value is -1.51. The highest BCUT2D eigenvalue weighted by molar-refractivity contribution is 5.66. The molecule has 0 saturated heterocycles. The Labute approximate surface area is 77.0 Å². The van der Waals surface area contributed by atoms with E-state index in [1.54, 1.807) is 18.2 Å². The average Bonchev–Trinajstić information content (AvgIpc) is 2.06. The summed E-state index contributed by atoms with van der Waals surface area (Å²) in [6, 6.07) is 4.99. The molecular formula is C10H12O3. The van der Waals surface area contributed by atoms with Gasteiger partial charge in [-0.2, -0.15) is 0 Å². The fourth-order valence-corrected chi connectivity index (χ4v) is 0.993. The normalized spacial score (nSPS) is 9.69. The number of hydrogen-bond donors (Lipinski definition) is 1. The molecule has 0 saturated carbocycles. The van der Waals surface area contributed by atoms with Crippen LogP contribution in [-0.2, 0) is 16.1 Å². The van der Waals surface area contributed by atoms with Crippen molar-refractivity contribution in [2.45, 2.75) is 20.5 Å². The Bertz CT molecular complexity index is 318. The molecule has 13 heavy (non-hydrogen) atoms. The molecule has 1 rings (SSSR count). The first-order valence-corrected chi connectivity index (χ1v) is 4.01. The van der Waals surface area contributed by atoms with E-state index in [4.69, 9.17) is 9.84 Å². The summed E-state index contributed by atoms with van der Waals surface area (Å²) in [5.41, 5.74) is 1.83. The molecular weight excluding hydrogens is 168 g/mol. The molecule has 0 fully saturated rings. The Balaban J connectivity index is 2.75. The summed E-state index contributed by atoms with van der Waals surface area (Å²) in [5.74, 6) is -0.129. The van der Waals surface area contributed by atoms with E-state index < -0.39 is 0 Å². The van der Waals surface area contributed by atoms with Crippen LogP contribution in [0.3, 0.4) is 0 Å². The van der Waals surface area contributed by atoms with E-state index in [-0.39, 0.29) is 18.3 Å². The molecule has 70 valence electrons. The zero-order chi connectivity index (χ0) is 9.84. The lowest BCUT2D eigenvalue weighted by Gasteiger charge is -2.05. The molecule has 1 N–H and O–H groups in total. The van der Waals surface area contributed by atoms with Crippen LogP contribution in [0.5, 0.6) is 5.75 Å². The molecule has 0 bridgehead atoms. The van der Waals surface area contributed by atoms with Crippen molar-refractivity contribution >= 4 is 5.97 Å². The fraction of sp³-hybridized carbons (Fsp3) is 0.300. The van der Waals surface area contributed by atoms with Crippen LogP contribution in [0.1, 0.15) is 18.1 Å². The lowest BCUT2D eigenvalue weighted by Crippen LogP contribution is -2.00. The molecule has 0 radical (unpaired) electrons. The van der Waals surface area contributed by atoms with Crippen molar-refractivity contribution in [3.05, 3.63) is 29.3 Å². The van der Waals surface area contributed by atoms with Gasteiger partial charge in [-0.05, 0) is 30.2 Å². The van der Waals surface area contributed by atoms with Crippen LogP contribution in [0, 0.1) is 6.92 Å². The van der Waals surface area contributed by atoms with E-state index in [0.717, 1.165) is 11.1 Å². The van der Waals surface area contributed by atoms with E-state index in [2.05, 4.69) is 0 Å². The minimum Gasteiger partial charge on any atom is -0.508 e. The van der Waals surface area contributed by atoms with Crippen molar-refractivity contribution in [3.8, 4) is 5.75 Å². The fourth-order valence-electron chi connectivity index (χ4n) is 0.993. The van der Waals surface area contributed by atoms with E-state index in [0.29, 0.717) is 0 Å². The van der Waals surface area contributed by atoms with Crippen LogP contribution in [-0.4, -0.2) is 11.1 Å². The van der Waals surface area contributed by atoms with Crippen LogP contribution in [0.15, 0.2) is 18.2 Å². The largest absolute Gasteiger partial charge is 0.508 e. The quantitative estimate of drug-likeness (QED) is 0.705. The first-order chi connectivity index (χ1) is 6.09. The zero-order valence-electron chi connectivity index (χ0n) is 7.70. The van der Waals surface area contributed by atoms with Gasteiger partial charge in [0.2, 0.25) is 0 Å². The first-order valence-electron chi connectivity index (χ1n) is 4.01. The molecule has 0 unspecified atom stereocenters. The Kier molecular flexibility index (Phi) is 2.90. The number of aromatic hydroxyl groups is 1. The molecule has 3 heteroatoms. The second-order valence-electron chi connectivity index (χ2n) is 2.89. The summed E-state index contributed by atoms with van der Waals surface area (Å²) in [6.45, 7) is 3.48. The van der Waals surface area contributed by atoms with Crippen LogP contribution in [0.25, 0.3) is 0 Å². The number of carbonyl (C=O) groups excluding carboxylic acids is 1. The van der Waals surface area contributed by atoms with Crippen molar-refractivity contribution in [2.24, 2.45) is 0 Å². The summed E-state index contributed by atoms with van der Waals surface area (Å²) in [7, 11) is 0. The number of carbonyl (C=O) groups is 1. The summed E-state index contributed by atoms with van der Waals surface area (Å²) in [4.78, 5) is 10.5. The molecule has 0 spiro atoms. The van der Waals surface area contributed by atoms with Crippen LogP contribution < -0.4 is 0 Å². The van der Waals surface area contributed by atoms with Gasteiger partial charge in [-0.1, -0.05) is 6.07 Å². The standard InChI is InChI=1S/C10H12O3/c1-7-3-4-10(12)5-9(7)6-13-8(2)11/h3-5,12H,6H2,1-2H3. The van der Waals surface area contributed by atoms with Crippen LogP contribution in [0.4, 0.5) is 0 Å². The highest BCUT2D eigenvalue weighted by atomic mass is 16.5. The molecule has 0 aliphatic heterocycles. The maximum atomic E-state index is 10.5. The van der Waals surface area contributed by atoms with Gasteiger partial charge in [0.05, 0.1) is 0 Å². The number of esters is 1. The Morgan fingerprint density at radius 3 is 2.85 bits per heavy atom. The van der Waals surface area contributed by atoms with E-state index >= 15 is 0 Å². The maximum absolute atomic E-state index is 10.5. The molecule has 0 aromatic heterocycles. The Morgan fingerprint density at radius 2 is 2.23 bits per heavy atom. The molecule has 0 aliphatic rings. The maximum Gasteiger partial charge on any atom is 0.302 e. The monoisotopic (exact) mass is 180 g/mol. The summed E-state index contributed by atoms with van der Waals surface area (Å²) in [6.07, 6.45) is 0. The van der Waals surface area contributed by atoms with Gasteiger partial charge in [0.15, 0.2) is 0 Å². The highest BCUT2D eigenvalue weighted by Crippen LogP contribution is 2.16. The number of rotatable bonds is 2. The summed E-state index contributed by atoms with van der Waals surface area (Å²) >= 11 is 0. The predicted octanol–water partition coefficient (Wildman–Crippen LogP) is 1.76. The van der Waals surface area contributed by atoms with Gasteiger partial charge in [-0.25, -0.2) is 0 Å². The SMILES string of the molecule is CC(=O)OCc1cc(O)ccc1C. The van der Waals surface area contributed by atoms with Crippen molar-refractivity contribution in [3.63, 3.8) is 0 Å². The average molecular weight is 180 g/mol. The van der Waals surface area contributed by atoms with E-state index in [1.807, 2.05) is 6.92 Å². The minimum absolute atomic E-state index is 0.188. The van der Waals surface area contributed by atoms with Crippen molar-refractivity contribution in [2.75, 3.05) is 0 Å². The summed E-state index contributed by atoms with van der Waals surface area (Å²) in [5, 5.41) is 9.16. The van der Waals surface area contributed by atoms with Gasteiger partial charge >= 0.3 is 5.97 Å². The zero-order valence-corrected chi connectivity index (χ0v) is 7.70. The van der Waals surface area contributed by atoms with E-state index in [9.17, 15) is 4.79 Å². The van der Waals surface area contributed by atoms with Gasteiger partial charge < -0.3 is 9.84 Å². The minimum atomic E-state index is -0.317. The lowest BCUT2D eigenvalue weighted by atomic mass is 10.1. The molecule has 0 heterocycles. The molecule has 0 atom stereocenters. The van der Waals surface area contributed by atoms with Crippen molar-refractivity contribution < 1.29 is 14.6 Å². The molecule has 3 nitrogen and oxygen atoms in total. The smallest absolute Gasteiger partial charge is 0.302 e. The van der Waals surface area contributed by atoms with Gasteiger partial charge in [0.25, 0.3) is 0 Å². The number of phenolic OH excluding ortho intramolecular Hbond substituents is 1.